The maximum absolute atomic E-state index is 14.7. The predicted molar refractivity (Wildman–Crippen MR) is 136 cm³/mol. The number of aryl methyl sites for hydroxylation is 1. The smallest absolute Gasteiger partial charge is 0.368 e. The Morgan fingerprint density at radius 1 is 1.19 bits per heavy atom. The van der Waals surface area contributed by atoms with E-state index in [2.05, 4.69) is 49.8 Å². The Bertz CT molecular complexity index is 1370. The molecule has 6 rings (SSSR count). The molecule has 196 valence electrons. The number of nitrogens with one attached hydrogen (secondary N) is 2. The van der Waals surface area contributed by atoms with E-state index in [0.29, 0.717) is 30.6 Å². The van der Waals surface area contributed by atoms with E-state index in [1.165, 1.54) is 28.4 Å². The molecule has 2 atom stereocenters. The van der Waals surface area contributed by atoms with E-state index in [9.17, 15) is 9.18 Å². The SMILES string of the molecule is Cc1ccc(Nc2ncc(F)c(NC3CC4CCCN4C(C)(C)C3)n2)cc1-n1nnn(C2COC2)c1=O. The Hall–Kier alpha value is -3.38. The highest BCUT2D eigenvalue weighted by atomic mass is 19.1. The molecule has 3 fully saturated rings. The summed E-state index contributed by atoms with van der Waals surface area (Å²) in [4.78, 5) is 24.0. The summed E-state index contributed by atoms with van der Waals surface area (Å²) >= 11 is 0. The molecule has 0 spiro atoms. The van der Waals surface area contributed by atoms with Crippen molar-refractivity contribution < 1.29 is 9.13 Å². The van der Waals surface area contributed by atoms with Crippen LogP contribution in [-0.2, 0) is 4.74 Å². The Morgan fingerprint density at radius 3 is 2.81 bits per heavy atom. The molecule has 0 bridgehead atoms. The molecule has 1 aromatic carbocycles. The van der Waals surface area contributed by atoms with Crippen LogP contribution in [0.4, 0.5) is 21.8 Å². The second-order valence-corrected chi connectivity index (χ2v) is 10.9. The number of benzene rings is 1. The molecule has 0 saturated carbocycles. The molecule has 0 amide bonds. The summed E-state index contributed by atoms with van der Waals surface area (Å²) in [5.41, 5.74) is 1.83. The fourth-order valence-electron chi connectivity index (χ4n) is 5.89. The lowest BCUT2D eigenvalue weighted by atomic mass is 9.84. The van der Waals surface area contributed by atoms with Gasteiger partial charge in [-0.3, -0.25) is 4.90 Å². The monoisotopic (exact) mass is 509 g/mol. The molecule has 11 nitrogen and oxygen atoms in total. The number of tetrazole rings is 1. The highest BCUT2D eigenvalue weighted by Crippen LogP contribution is 2.38. The first-order valence-electron chi connectivity index (χ1n) is 12.8. The van der Waals surface area contributed by atoms with Gasteiger partial charge in [-0.05, 0) is 81.1 Å². The third-order valence-corrected chi connectivity index (χ3v) is 7.80. The van der Waals surface area contributed by atoms with Crippen LogP contribution in [-0.4, -0.2) is 72.0 Å². The van der Waals surface area contributed by atoms with Crippen LogP contribution < -0.4 is 16.3 Å². The number of halogens is 1. The molecule has 12 heteroatoms. The minimum absolute atomic E-state index is 0.0611. The van der Waals surface area contributed by atoms with Crippen molar-refractivity contribution in [1.29, 1.82) is 0 Å². The van der Waals surface area contributed by atoms with Crippen LogP contribution in [0.5, 0.6) is 0 Å². The molecule has 3 aromatic rings. The maximum Gasteiger partial charge on any atom is 0.368 e. The third kappa shape index (κ3) is 4.48. The van der Waals surface area contributed by atoms with Gasteiger partial charge in [0.15, 0.2) is 11.6 Å². The van der Waals surface area contributed by atoms with Gasteiger partial charge in [0.05, 0.1) is 25.1 Å². The molecule has 3 aliphatic rings. The number of fused-ring (bicyclic) bond motifs is 1. The van der Waals surface area contributed by atoms with Crippen molar-refractivity contribution in [2.45, 2.75) is 70.1 Å². The zero-order chi connectivity index (χ0) is 25.7. The molecule has 5 heterocycles. The fraction of sp³-hybridized carbons (Fsp3) is 0.560. The highest BCUT2D eigenvalue weighted by Gasteiger charge is 2.43. The molecular formula is C25H32FN9O2. The minimum atomic E-state index is -0.482. The van der Waals surface area contributed by atoms with Crippen molar-refractivity contribution in [3.05, 3.63) is 46.3 Å². The van der Waals surface area contributed by atoms with E-state index in [1.807, 2.05) is 19.1 Å². The minimum Gasteiger partial charge on any atom is -0.377 e. The number of ether oxygens (including phenoxy) is 1. The maximum atomic E-state index is 14.7. The average Bonchev–Trinajstić information content (AvgIpc) is 3.44. The number of rotatable bonds is 6. The summed E-state index contributed by atoms with van der Waals surface area (Å²) in [7, 11) is 0. The predicted octanol–water partition coefficient (Wildman–Crippen LogP) is 2.80. The molecule has 37 heavy (non-hydrogen) atoms. The van der Waals surface area contributed by atoms with Gasteiger partial charge in [0.1, 0.15) is 6.04 Å². The van der Waals surface area contributed by atoms with Crippen molar-refractivity contribution in [3.8, 4) is 5.69 Å². The van der Waals surface area contributed by atoms with Crippen molar-refractivity contribution in [1.82, 2.24) is 34.7 Å². The van der Waals surface area contributed by atoms with Gasteiger partial charge in [-0.1, -0.05) is 6.07 Å². The Labute approximate surface area is 214 Å². The topological polar surface area (TPSA) is 115 Å². The van der Waals surface area contributed by atoms with Crippen molar-refractivity contribution in [2.24, 2.45) is 0 Å². The lowest BCUT2D eigenvalue weighted by Crippen LogP contribution is -2.55. The molecule has 0 radical (unpaired) electrons. The largest absolute Gasteiger partial charge is 0.377 e. The van der Waals surface area contributed by atoms with Crippen molar-refractivity contribution in [2.75, 3.05) is 30.4 Å². The summed E-state index contributed by atoms with van der Waals surface area (Å²) in [5, 5.41) is 14.6. The van der Waals surface area contributed by atoms with Gasteiger partial charge in [-0.15, -0.1) is 0 Å². The molecular weight excluding hydrogens is 477 g/mol. The van der Waals surface area contributed by atoms with E-state index < -0.39 is 5.82 Å². The number of anilines is 3. The first kappa shape index (κ1) is 24.0. The molecule has 3 aliphatic heterocycles. The first-order valence-corrected chi connectivity index (χ1v) is 12.8. The number of aromatic nitrogens is 6. The average molecular weight is 510 g/mol. The number of nitrogens with zero attached hydrogens (tertiary/aromatic N) is 7. The van der Waals surface area contributed by atoms with Gasteiger partial charge < -0.3 is 15.4 Å². The van der Waals surface area contributed by atoms with Crippen LogP contribution >= 0.6 is 0 Å². The summed E-state index contributed by atoms with van der Waals surface area (Å²) in [6, 6.07) is 6.07. The summed E-state index contributed by atoms with van der Waals surface area (Å²) in [6.45, 7) is 8.47. The van der Waals surface area contributed by atoms with E-state index in [4.69, 9.17) is 4.74 Å². The molecule has 2 aromatic heterocycles. The molecule has 3 saturated heterocycles. The highest BCUT2D eigenvalue weighted by molar-refractivity contribution is 5.60. The van der Waals surface area contributed by atoms with Gasteiger partial charge in [0.25, 0.3) is 0 Å². The van der Waals surface area contributed by atoms with Gasteiger partial charge in [0.2, 0.25) is 5.95 Å². The van der Waals surface area contributed by atoms with Gasteiger partial charge in [-0.25, -0.2) is 14.2 Å². The van der Waals surface area contributed by atoms with Crippen molar-refractivity contribution >= 4 is 17.5 Å². The van der Waals surface area contributed by atoms with E-state index in [1.54, 1.807) is 6.07 Å². The zero-order valence-electron chi connectivity index (χ0n) is 21.3. The number of piperidine rings is 1. The molecule has 0 aliphatic carbocycles. The lowest BCUT2D eigenvalue weighted by molar-refractivity contribution is -0.0309. The third-order valence-electron chi connectivity index (χ3n) is 7.80. The number of hydrogen-bond donors (Lipinski definition) is 2. The molecule has 2 unspecified atom stereocenters. The standard InChI is InChI=1S/C25H32FN9O2/c1-15-6-7-16(10-21(15)35-24(36)34(31-32-35)19-13-37-14-19)29-23-27-12-20(26)22(30-23)28-17-9-18-5-4-8-33(18)25(2,3)11-17/h6-7,10,12,17-19H,4-5,8-9,11,13-14H2,1-3H3,(H2,27,28,29,30). The van der Waals surface area contributed by atoms with Gasteiger partial charge in [0, 0.05) is 23.3 Å². The van der Waals surface area contributed by atoms with Gasteiger partial charge in [-0.2, -0.15) is 14.3 Å². The summed E-state index contributed by atoms with van der Waals surface area (Å²) in [5.74, 6) is -0.0252. The van der Waals surface area contributed by atoms with Crippen LogP contribution in [0.15, 0.2) is 29.2 Å². The fourth-order valence-corrected chi connectivity index (χ4v) is 5.89. The normalized spacial score (nSPS) is 23.5. The second-order valence-electron chi connectivity index (χ2n) is 10.9. The number of hydrogen-bond acceptors (Lipinski definition) is 9. The second kappa shape index (κ2) is 9.18. The molecule has 2 N–H and O–H groups in total. The Balaban J connectivity index is 1.21. The van der Waals surface area contributed by atoms with Crippen LogP contribution in [0.2, 0.25) is 0 Å². The Kier molecular flexibility index (Phi) is 5.95. The van der Waals surface area contributed by atoms with E-state index in [-0.39, 0.29) is 35.1 Å². The first-order chi connectivity index (χ1) is 17.8. The Morgan fingerprint density at radius 2 is 2.03 bits per heavy atom. The van der Waals surface area contributed by atoms with Crippen LogP contribution in [0.25, 0.3) is 5.69 Å². The van der Waals surface area contributed by atoms with Gasteiger partial charge >= 0.3 is 5.69 Å². The lowest BCUT2D eigenvalue weighted by Gasteiger charge is -2.47. The van der Waals surface area contributed by atoms with E-state index in [0.717, 1.165) is 24.9 Å². The quantitative estimate of drug-likeness (QED) is 0.518. The van der Waals surface area contributed by atoms with Crippen LogP contribution in [0.3, 0.4) is 0 Å². The van der Waals surface area contributed by atoms with Crippen molar-refractivity contribution in [3.63, 3.8) is 0 Å². The summed E-state index contributed by atoms with van der Waals surface area (Å²) < 4.78 is 22.5. The van der Waals surface area contributed by atoms with Crippen LogP contribution in [0.1, 0.15) is 51.1 Å². The summed E-state index contributed by atoms with van der Waals surface area (Å²) in [6.07, 6.45) is 5.46. The van der Waals surface area contributed by atoms with E-state index >= 15 is 0 Å². The zero-order valence-corrected chi connectivity index (χ0v) is 21.3. The van der Waals surface area contributed by atoms with Crippen LogP contribution in [0, 0.1) is 12.7 Å².